The number of carbonyl (C=O) groups excluding carboxylic acids is 1. The third kappa shape index (κ3) is 3.48. The van der Waals surface area contributed by atoms with Gasteiger partial charge >= 0.3 is 0 Å². The highest BCUT2D eigenvalue weighted by Gasteiger charge is 2.18. The van der Waals surface area contributed by atoms with Gasteiger partial charge in [0, 0.05) is 13.0 Å². The van der Waals surface area contributed by atoms with Crippen molar-refractivity contribution in [1.29, 1.82) is 0 Å². The molecular formula is C20H23N3O. The Morgan fingerprint density at radius 1 is 1.12 bits per heavy atom. The van der Waals surface area contributed by atoms with Gasteiger partial charge < -0.3 is 9.88 Å². The molecule has 4 heteroatoms. The monoisotopic (exact) mass is 321 g/mol. The first kappa shape index (κ1) is 16.2. The number of para-hydroxylation sites is 2. The largest absolute Gasteiger partial charge is 0.346 e. The van der Waals surface area contributed by atoms with Crippen molar-refractivity contribution < 1.29 is 4.79 Å². The van der Waals surface area contributed by atoms with E-state index in [9.17, 15) is 4.79 Å². The highest BCUT2D eigenvalue weighted by molar-refractivity contribution is 5.78. The zero-order valence-electron chi connectivity index (χ0n) is 14.2. The fraction of sp³-hybridized carbons (Fsp3) is 0.300. The highest BCUT2D eigenvalue weighted by Crippen LogP contribution is 2.22. The second kappa shape index (κ2) is 7.30. The number of hydrogen-bond acceptors (Lipinski definition) is 2. The van der Waals surface area contributed by atoms with Gasteiger partial charge in [-0.3, -0.25) is 4.79 Å². The molecule has 0 radical (unpaired) electrons. The zero-order chi connectivity index (χ0) is 16.9. The van der Waals surface area contributed by atoms with Crippen molar-refractivity contribution in [2.24, 2.45) is 0 Å². The molecule has 0 aliphatic carbocycles. The molecule has 3 rings (SSSR count). The predicted octanol–water partition coefficient (Wildman–Crippen LogP) is 4.06. The Morgan fingerprint density at radius 3 is 2.58 bits per heavy atom. The predicted molar refractivity (Wildman–Crippen MR) is 96.7 cm³/mol. The van der Waals surface area contributed by atoms with E-state index in [0.717, 1.165) is 29.8 Å². The van der Waals surface area contributed by atoms with Crippen LogP contribution in [0, 0.1) is 0 Å². The molecule has 0 saturated carbocycles. The quantitative estimate of drug-likeness (QED) is 0.744. The molecule has 0 aliphatic rings. The third-order valence-corrected chi connectivity index (χ3v) is 4.11. The molecule has 1 amide bonds. The van der Waals surface area contributed by atoms with Crippen LogP contribution in [0.25, 0.3) is 11.0 Å². The molecule has 0 fully saturated rings. The maximum Gasteiger partial charge on any atom is 0.220 e. The molecule has 124 valence electrons. The van der Waals surface area contributed by atoms with Crippen molar-refractivity contribution >= 4 is 16.9 Å². The van der Waals surface area contributed by atoms with E-state index in [1.54, 1.807) is 0 Å². The number of fused-ring (bicyclic) bond motifs is 1. The van der Waals surface area contributed by atoms with Crippen LogP contribution in [0.4, 0.5) is 0 Å². The van der Waals surface area contributed by atoms with E-state index < -0.39 is 0 Å². The number of hydrogen-bond donors (Lipinski definition) is 1. The van der Waals surface area contributed by atoms with E-state index >= 15 is 0 Å². The van der Waals surface area contributed by atoms with Crippen molar-refractivity contribution in [2.45, 2.75) is 39.3 Å². The Hall–Kier alpha value is -2.62. The van der Waals surface area contributed by atoms with Crippen LogP contribution >= 0.6 is 0 Å². The number of benzene rings is 2. The molecule has 3 aromatic rings. The number of nitrogens with one attached hydrogen (secondary N) is 1. The highest BCUT2D eigenvalue weighted by atomic mass is 16.1. The minimum atomic E-state index is -0.125. The lowest BCUT2D eigenvalue weighted by Crippen LogP contribution is -2.28. The van der Waals surface area contributed by atoms with Crippen LogP contribution in [-0.4, -0.2) is 15.5 Å². The smallest absolute Gasteiger partial charge is 0.220 e. The molecule has 1 heterocycles. The van der Waals surface area contributed by atoms with Gasteiger partial charge in [0.1, 0.15) is 5.82 Å². The normalized spacial score (nSPS) is 12.2. The summed E-state index contributed by atoms with van der Waals surface area (Å²) in [6, 6.07) is 18.3. The maximum absolute atomic E-state index is 12.0. The number of imidazole rings is 1. The Balaban J connectivity index is 1.97. The molecule has 2 aromatic carbocycles. The van der Waals surface area contributed by atoms with Gasteiger partial charge in [-0.15, -0.1) is 0 Å². The standard InChI is InChI=1S/C20H23N3O/c1-3-9-19(24)21-15(2)20-22-17-12-7-8-13-18(17)23(20)14-16-10-5-4-6-11-16/h4-8,10-13,15H,3,9,14H2,1-2H3,(H,21,24). The Kier molecular flexibility index (Phi) is 4.94. The third-order valence-electron chi connectivity index (χ3n) is 4.11. The van der Waals surface area contributed by atoms with Gasteiger partial charge in [0.05, 0.1) is 17.1 Å². The molecule has 0 saturated heterocycles. The number of amides is 1. The number of carbonyl (C=O) groups is 1. The zero-order valence-corrected chi connectivity index (χ0v) is 14.2. The molecule has 4 nitrogen and oxygen atoms in total. The number of aromatic nitrogens is 2. The molecule has 1 atom stereocenters. The second-order valence-corrected chi connectivity index (χ2v) is 6.07. The van der Waals surface area contributed by atoms with Gasteiger partial charge in [0.2, 0.25) is 5.91 Å². The molecule has 0 aliphatic heterocycles. The van der Waals surface area contributed by atoms with Crippen LogP contribution < -0.4 is 5.32 Å². The first-order chi connectivity index (χ1) is 11.7. The van der Waals surface area contributed by atoms with Crippen LogP contribution in [0.1, 0.15) is 44.1 Å². The van der Waals surface area contributed by atoms with Crippen LogP contribution in [0.15, 0.2) is 54.6 Å². The van der Waals surface area contributed by atoms with E-state index in [-0.39, 0.29) is 11.9 Å². The minimum absolute atomic E-state index is 0.0725. The molecule has 0 spiro atoms. The second-order valence-electron chi connectivity index (χ2n) is 6.07. The van der Waals surface area contributed by atoms with Crippen molar-refractivity contribution in [3.8, 4) is 0 Å². The van der Waals surface area contributed by atoms with Crippen LogP contribution in [0.3, 0.4) is 0 Å². The van der Waals surface area contributed by atoms with Crippen LogP contribution in [0.5, 0.6) is 0 Å². The van der Waals surface area contributed by atoms with Crippen LogP contribution in [-0.2, 0) is 11.3 Å². The lowest BCUT2D eigenvalue weighted by molar-refractivity contribution is -0.121. The average molecular weight is 321 g/mol. The first-order valence-corrected chi connectivity index (χ1v) is 8.47. The summed E-state index contributed by atoms with van der Waals surface area (Å²) in [5.74, 6) is 0.966. The topological polar surface area (TPSA) is 46.9 Å². The van der Waals surface area contributed by atoms with Crippen molar-refractivity contribution in [1.82, 2.24) is 14.9 Å². The number of rotatable bonds is 6. The molecule has 1 unspecified atom stereocenters. The van der Waals surface area contributed by atoms with Crippen LogP contribution in [0.2, 0.25) is 0 Å². The van der Waals surface area contributed by atoms with Gasteiger partial charge in [0.25, 0.3) is 0 Å². The van der Waals surface area contributed by atoms with E-state index in [4.69, 9.17) is 4.98 Å². The summed E-state index contributed by atoms with van der Waals surface area (Å²) >= 11 is 0. The lowest BCUT2D eigenvalue weighted by Gasteiger charge is -2.16. The summed E-state index contributed by atoms with van der Waals surface area (Å²) in [5.41, 5.74) is 3.27. The summed E-state index contributed by atoms with van der Waals surface area (Å²) < 4.78 is 2.20. The average Bonchev–Trinajstić information content (AvgIpc) is 2.95. The van der Waals surface area contributed by atoms with Crippen molar-refractivity contribution in [2.75, 3.05) is 0 Å². The molecule has 24 heavy (non-hydrogen) atoms. The minimum Gasteiger partial charge on any atom is -0.346 e. The molecular weight excluding hydrogens is 298 g/mol. The van der Waals surface area contributed by atoms with Crippen molar-refractivity contribution in [3.63, 3.8) is 0 Å². The molecule has 1 aromatic heterocycles. The number of nitrogens with zero attached hydrogens (tertiary/aromatic N) is 2. The van der Waals surface area contributed by atoms with Gasteiger partial charge in [-0.2, -0.15) is 0 Å². The maximum atomic E-state index is 12.0. The lowest BCUT2D eigenvalue weighted by atomic mass is 10.2. The van der Waals surface area contributed by atoms with Gasteiger partial charge in [0.15, 0.2) is 0 Å². The van der Waals surface area contributed by atoms with E-state index in [0.29, 0.717) is 6.42 Å². The Labute approximate surface area is 142 Å². The van der Waals surface area contributed by atoms with Gasteiger partial charge in [-0.1, -0.05) is 49.4 Å². The molecule has 1 N–H and O–H groups in total. The SMILES string of the molecule is CCCC(=O)NC(C)c1nc2ccccc2n1Cc1ccccc1. The Morgan fingerprint density at radius 2 is 1.83 bits per heavy atom. The summed E-state index contributed by atoms with van der Waals surface area (Å²) in [7, 11) is 0. The summed E-state index contributed by atoms with van der Waals surface area (Å²) in [6.45, 7) is 4.75. The Bertz CT molecular complexity index is 823. The summed E-state index contributed by atoms with van der Waals surface area (Å²) in [6.07, 6.45) is 1.39. The molecule has 0 bridgehead atoms. The van der Waals surface area contributed by atoms with Gasteiger partial charge in [-0.25, -0.2) is 4.98 Å². The van der Waals surface area contributed by atoms with Gasteiger partial charge in [-0.05, 0) is 31.0 Å². The van der Waals surface area contributed by atoms with E-state index in [2.05, 4.69) is 28.1 Å². The fourth-order valence-corrected chi connectivity index (χ4v) is 2.96. The van der Waals surface area contributed by atoms with Crippen molar-refractivity contribution in [3.05, 3.63) is 66.0 Å². The fourth-order valence-electron chi connectivity index (χ4n) is 2.96. The summed E-state index contributed by atoms with van der Waals surface area (Å²) in [4.78, 5) is 16.7. The van der Waals surface area contributed by atoms with E-state index in [1.165, 1.54) is 5.56 Å². The van der Waals surface area contributed by atoms with E-state index in [1.807, 2.05) is 50.2 Å². The first-order valence-electron chi connectivity index (χ1n) is 8.47. The summed E-state index contributed by atoms with van der Waals surface area (Å²) in [5, 5.41) is 3.06.